The number of ether oxygens (including phenoxy) is 3. The maximum atomic E-state index is 13.6. The summed E-state index contributed by atoms with van der Waals surface area (Å²) < 4.78 is 92.7. The fourth-order valence-electron chi connectivity index (χ4n) is 1.42. The van der Waals surface area contributed by atoms with Crippen LogP contribution in [0.5, 0.6) is 0 Å². The Morgan fingerprint density at radius 3 is 1.26 bits per heavy atom. The summed E-state index contributed by atoms with van der Waals surface area (Å²) in [7, 11) is 1.30. The summed E-state index contributed by atoms with van der Waals surface area (Å²) in [5, 5.41) is 0. The van der Waals surface area contributed by atoms with E-state index in [4.69, 9.17) is 0 Å². The summed E-state index contributed by atoms with van der Waals surface area (Å²) in [5.41, 5.74) is 0. The summed E-state index contributed by atoms with van der Waals surface area (Å²) in [5.74, 6) is -12.9. The molecule has 0 saturated carbocycles. The summed E-state index contributed by atoms with van der Waals surface area (Å²) in [6, 6.07) is 0. The van der Waals surface area contributed by atoms with Crippen LogP contribution in [-0.2, 0) is 23.8 Å². The van der Waals surface area contributed by atoms with Crippen LogP contribution in [0.1, 0.15) is 13.8 Å². The fourth-order valence-corrected chi connectivity index (χ4v) is 1.42. The lowest BCUT2D eigenvalue weighted by Crippen LogP contribution is -2.52. The minimum atomic E-state index is -4.52. The van der Waals surface area contributed by atoms with E-state index in [1.165, 1.54) is 0 Å². The molecule has 23 heavy (non-hydrogen) atoms. The number of rotatable bonds is 8. The molecule has 0 bridgehead atoms. The van der Waals surface area contributed by atoms with E-state index < -0.39 is 48.3 Å². The molecule has 0 fully saturated rings. The van der Waals surface area contributed by atoms with Crippen molar-refractivity contribution in [1.82, 2.24) is 0 Å². The van der Waals surface area contributed by atoms with Crippen LogP contribution in [0.2, 0.25) is 0 Å². The van der Waals surface area contributed by atoms with Crippen molar-refractivity contribution >= 4 is 11.9 Å². The van der Waals surface area contributed by atoms with Crippen LogP contribution >= 0.6 is 0 Å². The number of carbonyl (C=O) groups is 2. The van der Waals surface area contributed by atoms with Gasteiger partial charge >= 0.3 is 23.8 Å². The van der Waals surface area contributed by atoms with Crippen LogP contribution in [-0.4, -0.2) is 62.6 Å². The Kier molecular flexibility index (Phi) is 7.32. The molecule has 0 heterocycles. The smallest absolute Gasteiger partial charge is 0.347 e. The van der Waals surface area contributed by atoms with Crippen LogP contribution in [0.25, 0.3) is 0 Å². The van der Waals surface area contributed by atoms with Gasteiger partial charge in [-0.3, -0.25) is 0 Å². The van der Waals surface area contributed by atoms with Crippen LogP contribution < -0.4 is 0 Å². The quantitative estimate of drug-likeness (QED) is 0.493. The van der Waals surface area contributed by atoms with Gasteiger partial charge in [0.15, 0.2) is 0 Å². The number of halogens is 6. The summed E-state index contributed by atoms with van der Waals surface area (Å²) in [4.78, 5) is 21.6. The van der Waals surface area contributed by atoms with Gasteiger partial charge in [0.05, 0.1) is 14.2 Å². The van der Waals surface area contributed by atoms with E-state index in [0.29, 0.717) is 28.1 Å². The van der Waals surface area contributed by atoms with Gasteiger partial charge in [-0.05, 0) is 13.8 Å². The van der Waals surface area contributed by atoms with Crippen molar-refractivity contribution in [2.45, 2.75) is 50.2 Å². The van der Waals surface area contributed by atoms with Crippen LogP contribution in [0, 0.1) is 0 Å². The second kappa shape index (κ2) is 7.84. The molecule has 5 nitrogen and oxygen atoms in total. The van der Waals surface area contributed by atoms with Crippen molar-refractivity contribution in [1.29, 1.82) is 0 Å². The molecule has 0 unspecified atom stereocenters. The molecular weight excluding hydrogens is 338 g/mol. The van der Waals surface area contributed by atoms with Gasteiger partial charge < -0.3 is 14.2 Å². The van der Waals surface area contributed by atoms with E-state index in [-0.39, 0.29) is 0 Å². The van der Waals surface area contributed by atoms with E-state index in [2.05, 4.69) is 14.2 Å². The molecule has 136 valence electrons. The fraction of sp³-hybridized carbons (Fsp3) is 0.833. The number of alkyl halides is 6. The van der Waals surface area contributed by atoms with Crippen LogP contribution in [0.3, 0.4) is 0 Å². The third kappa shape index (κ3) is 4.72. The first-order valence-corrected chi connectivity index (χ1v) is 6.18. The van der Waals surface area contributed by atoms with E-state index in [0.717, 1.165) is 0 Å². The summed E-state index contributed by atoms with van der Waals surface area (Å²) >= 11 is 0. The molecule has 0 rings (SSSR count). The highest BCUT2D eigenvalue weighted by Gasteiger charge is 2.56. The zero-order valence-electron chi connectivity index (χ0n) is 12.6. The molecule has 0 radical (unpaired) electrons. The Balaban J connectivity index is 5.10. The van der Waals surface area contributed by atoms with Gasteiger partial charge in [0.2, 0.25) is 0 Å². The molecule has 0 aliphatic rings. The highest BCUT2D eigenvalue weighted by atomic mass is 19.3. The van der Waals surface area contributed by atoms with Gasteiger partial charge in [-0.25, -0.2) is 18.4 Å². The molecule has 0 N–H and O–H groups in total. The minimum absolute atomic E-state index is 0.507. The number of hydrogen-bond donors (Lipinski definition) is 0. The molecule has 11 heteroatoms. The average molecular weight is 354 g/mol. The first-order valence-electron chi connectivity index (χ1n) is 6.18. The predicted octanol–water partition coefficient (Wildman–Crippen LogP) is 2.07. The van der Waals surface area contributed by atoms with Crippen molar-refractivity contribution in [2.75, 3.05) is 14.2 Å². The van der Waals surface area contributed by atoms with Gasteiger partial charge in [0.25, 0.3) is 12.3 Å². The Morgan fingerprint density at radius 2 is 1.04 bits per heavy atom. The third-order valence-electron chi connectivity index (χ3n) is 2.98. The molecule has 0 aromatic heterocycles. The van der Waals surface area contributed by atoms with Gasteiger partial charge in [-0.15, -0.1) is 0 Å². The molecule has 0 spiro atoms. The van der Waals surface area contributed by atoms with Gasteiger partial charge in [-0.1, -0.05) is 0 Å². The lowest BCUT2D eigenvalue weighted by molar-refractivity contribution is -0.237. The molecular formula is C12H16F6O5. The number of methoxy groups -OCH3 is 2. The van der Waals surface area contributed by atoms with Crippen molar-refractivity contribution in [2.24, 2.45) is 0 Å². The zero-order valence-corrected chi connectivity index (χ0v) is 12.6. The van der Waals surface area contributed by atoms with Gasteiger partial charge in [0.1, 0.15) is 12.2 Å². The first kappa shape index (κ1) is 21.5. The van der Waals surface area contributed by atoms with Gasteiger partial charge in [0, 0.05) is 0 Å². The van der Waals surface area contributed by atoms with Crippen molar-refractivity contribution < 1.29 is 50.1 Å². The Hall–Kier alpha value is -1.52. The van der Waals surface area contributed by atoms with Crippen molar-refractivity contribution in [3.8, 4) is 0 Å². The molecule has 0 amide bonds. The number of carbonyl (C=O) groups excluding carboxylic acids is 2. The maximum Gasteiger partial charge on any atom is 0.347 e. The second-order valence-corrected chi connectivity index (χ2v) is 4.54. The zero-order chi connectivity index (χ0) is 18.6. The summed E-state index contributed by atoms with van der Waals surface area (Å²) in [6.45, 7) is 1.01. The van der Waals surface area contributed by atoms with Crippen molar-refractivity contribution in [3.63, 3.8) is 0 Å². The van der Waals surface area contributed by atoms with Gasteiger partial charge in [-0.2, -0.15) is 17.6 Å². The van der Waals surface area contributed by atoms with E-state index in [9.17, 15) is 35.9 Å². The van der Waals surface area contributed by atoms with Crippen LogP contribution in [0.15, 0.2) is 0 Å². The number of esters is 2. The Labute approximate surface area is 127 Å². The van der Waals surface area contributed by atoms with E-state index in [1.807, 2.05) is 0 Å². The van der Waals surface area contributed by atoms with E-state index >= 15 is 0 Å². The lowest BCUT2D eigenvalue weighted by atomic mass is 10.1. The monoisotopic (exact) mass is 354 g/mol. The SMILES string of the molecule is COC(=O)[C@H](F)C(F)(F)[C@H](C)O[C@@H](C)C(F)(F)[C@@H](F)C(=O)OC. The molecule has 0 aliphatic heterocycles. The first-order chi connectivity index (χ1) is 10.3. The molecule has 0 saturated heterocycles. The standard InChI is InChI=1S/C12H16F6O5/c1-5(11(15,16)7(13)9(19)21-3)23-6(2)12(17,18)8(14)10(20)22-4/h5-8H,1-4H3/t5-,6-,7-,8-/m0/s1. The van der Waals surface area contributed by atoms with Crippen molar-refractivity contribution in [3.05, 3.63) is 0 Å². The topological polar surface area (TPSA) is 61.8 Å². The Bertz CT molecular complexity index is 392. The summed E-state index contributed by atoms with van der Waals surface area (Å²) in [6.07, 6.45) is -12.0. The molecule has 0 aromatic rings. The van der Waals surface area contributed by atoms with Crippen LogP contribution in [0.4, 0.5) is 26.3 Å². The lowest BCUT2D eigenvalue weighted by Gasteiger charge is -2.31. The minimum Gasteiger partial charge on any atom is -0.467 e. The third-order valence-corrected chi connectivity index (χ3v) is 2.98. The molecule has 0 aliphatic carbocycles. The molecule has 0 aromatic carbocycles. The largest absolute Gasteiger partial charge is 0.467 e. The highest BCUT2D eigenvalue weighted by molar-refractivity contribution is 5.76. The Morgan fingerprint density at radius 1 is 0.783 bits per heavy atom. The normalized spacial score (nSPS) is 17.8. The highest BCUT2D eigenvalue weighted by Crippen LogP contribution is 2.34. The van der Waals surface area contributed by atoms with E-state index in [1.54, 1.807) is 0 Å². The molecule has 4 atom stereocenters. The average Bonchev–Trinajstić information content (AvgIpc) is 2.51. The number of hydrogen-bond acceptors (Lipinski definition) is 5. The maximum absolute atomic E-state index is 13.6. The second-order valence-electron chi connectivity index (χ2n) is 4.54. The predicted molar refractivity (Wildman–Crippen MR) is 63.7 cm³/mol.